The molecule has 3 aromatic rings. The Morgan fingerprint density at radius 2 is 1.93 bits per heavy atom. The van der Waals surface area contributed by atoms with Crippen molar-refractivity contribution in [3.05, 3.63) is 82.4 Å². The molecule has 6 heteroatoms. The van der Waals surface area contributed by atoms with Gasteiger partial charge < -0.3 is 9.64 Å². The standard InChI is InChI=1S/C22H22FN3O2/c1-15-4-3-5-21(16(15)2)28-14-22(27)25-12-18-10-24-26(20(18)13-25)11-17-6-8-19(23)9-7-17/h3-10H,11-14H2,1-2H3. The first-order chi connectivity index (χ1) is 13.5. The summed E-state index contributed by atoms with van der Waals surface area (Å²) in [4.78, 5) is 14.4. The molecule has 2 heterocycles. The van der Waals surface area contributed by atoms with Crippen molar-refractivity contribution in [1.82, 2.24) is 14.7 Å². The highest BCUT2D eigenvalue weighted by Gasteiger charge is 2.27. The van der Waals surface area contributed by atoms with Crippen LogP contribution in [-0.4, -0.2) is 27.2 Å². The van der Waals surface area contributed by atoms with Crippen LogP contribution in [0.15, 0.2) is 48.7 Å². The number of halogens is 1. The molecule has 1 aromatic heterocycles. The number of fused-ring (bicyclic) bond motifs is 1. The Kier molecular flexibility index (Phi) is 4.86. The van der Waals surface area contributed by atoms with Crippen LogP contribution in [0.4, 0.5) is 4.39 Å². The van der Waals surface area contributed by atoms with Gasteiger partial charge in [-0.3, -0.25) is 9.48 Å². The Hall–Kier alpha value is -3.15. The van der Waals surface area contributed by atoms with Crippen molar-refractivity contribution in [3.63, 3.8) is 0 Å². The number of aromatic nitrogens is 2. The quantitative estimate of drug-likeness (QED) is 0.680. The second-order valence-corrected chi connectivity index (χ2v) is 7.14. The molecule has 5 nitrogen and oxygen atoms in total. The maximum Gasteiger partial charge on any atom is 0.261 e. The number of rotatable bonds is 5. The third-order valence-corrected chi connectivity index (χ3v) is 5.24. The third kappa shape index (κ3) is 3.63. The van der Waals surface area contributed by atoms with Crippen molar-refractivity contribution < 1.29 is 13.9 Å². The number of ether oxygens (including phenoxy) is 1. The summed E-state index contributed by atoms with van der Waals surface area (Å²) >= 11 is 0. The van der Waals surface area contributed by atoms with E-state index in [0.717, 1.165) is 33.7 Å². The lowest BCUT2D eigenvalue weighted by Gasteiger charge is -2.17. The van der Waals surface area contributed by atoms with Gasteiger partial charge >= 0.3 is 0 Å². The van der Waals surface area contributed by atoms with Gasteiger partial charge in [0.05, 0.1) is 25.0 Å². The highest BCUT2D eigenvalue weighted by atomic mass is 19.1. The largest absolute Gasteiger partial charge is 0.483 e. The number of carbonyl (C=O) groups is 1. The smallest absolute Gasteiger partial charge is 0.261 e. The third-order valence-electron chi connectivity index (χ3n) is 5.24. The van der Waals surface area contributed by atoms with E-state index < -0.39 is 0 Å². The minimum absolute atomic E-state index is 0.0138. The lowest BCUT2D eigenvalue weighted by molar-refractivity contribution is -0.134. The van der Waals surface area contributed by atoms with Crippen LogP contribution >= 0.6 is 0 Å². The topological polar surface area (TPSA) is 47.4 Å². The second-order valence-electron chi connectivity index (χ2n) is 7.14. The normalized spacial score (nSPS) is 12.9. The lowest BCUT2D eigenvalue weighted by atomic mass is 10.1. The Labute approximate surface area is 163 Å². The van der Waals surface area contributed by atoms with Crippen LogP contribution < -0.4 is 4.74 Å². The van der Waals surface area contributed by atoms with E-state index in [-0.39, 0.29) is 18.3 Å². The summed E-state index contributed by atoms with van der Waals surface area (Å²) in [6, 6.07) is 12.2. The van der Waals surface area contributed by atoms with Gasteiger partial charge in [0.1, 0.15) is 11.6 Å². The minimum Gasteiger partial charge on any atom is -0.483 e. The van der Waals surface area contributed by atoms with Crippen LogP contribution in [0.5, 0.6) is 5.75 Å². The van der Waals surface area contributed by atoms with E-state index in [4.69, 9.17) is 4.74 Å². The van der Waals surface area contributed by atoms with Gasteiger partial charge in [0.25, 0.3) is 5.91 Å². The average Bonchev–Trinajstić information content (AvgIpc) is 3.26. The first-order valence-corrected chi connectivity index (χ1v) is 9.26. The van der Waals surface area contributed by atoms with E-state index >= 15 is 0 Å². The molecular formula is C22H22FN3O2. The summed E-state index contributed by atoms with van der Waals surface area (Å²) < 4.78 is 20.7. The summed E-state index contributed by atoms with van der Waals surface area (Å²) in [7, 11) is 0. The van der Waals surface area contributed by atoms with E-state index in [2.05, 4.69) is 5.10 Å². The molecule has 0 fully saturated rings. The van der Waals surface area contributed by atoms with Crippen molar-refractivity contribution in [2.24, 2.45) is 0 Å². The Bertz CT molecular complexity index is 1010. The van der Waals surface area contributed by atoms with Gasteiger partial charge in [-0.25, -0.2) is 4.39 Å². The van der Waals surface area contributed by atoms with Gasteiger partial charge in [-0.15, -0.1) is 0 Å². The molecule has 0 N–H and O–H groups in total. The highest BCUT2D eigenvalue weighted by molar-refractivity contribution is 5.78. The summed E-state index contributed by atoms with van der Waals surface area (Å²) in [6.07, 6.45) is 1.80. The number of aryl methyl sites for hydroxylation is 1. The molecule has 0 radical (unpaired) electrons. The Morgan fingerprint density at radius 1 is 1.14 bits per heavy atom. The molecule has 0 unspecified atom stereocenters. The van der Waals surface area contributed by atoms with Crippen LogP contribution in [0.1, 0.15) is 27.9 Å². The fourth-order valence-corrected chi connectivity index (χ4v) is 3.39. The van der Waals surface area contributed by atoms with Gasteiger partial charge in [-0.1, -0.05) is 24.3 Å². The molecule has 0 atom stereocenters. The second kappa shape index (κ2) is 7.46. The molecule has 0 bridgehead atoms. The molecule has 0 aliphatic carbocycles. The monoisotopic (exact) mass is 379 g/mol. The molecule has 4 rings (SSSR count). The molecule has 0 saturated carbocycles. The van der Waals surface area contributed by atoms with Crippen LogP contribution in [0.3, 0.4) is 0 Å². The summed E-state index contributed by atoms with van der Waals surface area (Å²) in [5, 5.41) is 4.42. The number of hydrogen-bond donors (Lipinski definition) is 0. The zero-order valence-electron chi connectivity index (χ0n) is 16.0. The van der Waals surface area contributed by atoms with Crippen molar-refractivity contribution in [2.45, 2.75) is 33.5 Å². The lowest BCUT2D eigenvalue weighted by Crippen LogP contribution is -2.31. The Morgan fingerprint density at radius 3 is 2.71 bits per heavy atom. The fraction of sp³-hybridized carbons (Fsp3) is 0.273. The molecule has 1 aliphatic rings. The van der Waals surface area contributed by atoms with E-state index in [9.17, 15) is 9.18 Å². The predicted octanol–water partition coefficient (Wildman–Crippen LogP) is 3.61. The zero-order chi connectivity index (χ0) is 19.7. The van der Waals surface area contributed by atoms with Crippen molar-refractivity contribution >= 4 is 5.91 Å². The minimum atomic E-state index is -0.255. The van der Waals surface area contributed by atoms with E-state index in [1.807, 2.05) is 36.7 Å². The zero-order valence-corrected chi connectivity index (χ0v) is 16.0. The van der Waals surface area contributed by atoms with Gasteiger partial charge in [0.15, 0.2) is 6.61 Å². The fourth-order valence-electron chi connectivity index (χ4n) is 3.39. The van der Waals surface area contributed by atoms with Crippen molar-refractivity contribution in [2.75, 3.05) is 6.61 Å². The number of nitrogens with zero attached hydrogens (tertiary/aromatic N) is 3. The van der Waals surface area contributed by atoms with Gasteiger partial charge in [0.2, 0.25) is 0 Å². The summed E-state index contributed by atoms with van der Waals surface area (Å²) in [5.41, 5.74) is 5.22. The van der Waals surface area contributed by atoms with Gasteiger partial charge in [-0.2, -0.15) is 5.10 Å². The first kappa shape index (κ1) is 18.2. The van der Waals surface area contributed by atoms with Crippen LogP contribution in [0, 0.1) is 19.7 Å². The number of carbonyl (C=O) groups excluding carboxylic acids is 1. The Balaban J connectivity index is 1.39. The molecule has 0 saturated heterocycles. The average molecular weight is 379 g/mol. The molecule has 144 valence electrons. The van der Waals surface area contributed by atoms with Crippen molar-refractivity contribution in [3.8, 4) is 5.75 Å². The van der Waals surface area contributed by atoms with E-state index in [0.29, 0.717) is 19.6 Å². The number of benzene rings is 2. The van der Waals surface area contributed by atoms with Crippen molar-refractivity contribution in [1.29, 1.82) is 0 Å². The van der Waals surface area contributed by atoms with Gasteiger partial charge in [0, 0.05) is 12.1 Å². The molecule has 1 aliphatic heterocycles. The molecular weight excluding hydrogens is 357 g/mol. The van der Waals surface area contributed by atoms with Crippen LogP contribution in [0.25, 0.3) is 0 Å². The van der Waals surface area contributed by atoms with Crippen LogP contribution in [0.2, 0.25) is 0 Å². The van der Waals surface area contributed by atoms with Gasteiger partial charge in [-0.05, 0) is 48.7 Å². The maximum absolute atomic E-state index is 13.1. The molecule has 28 heavy (non-hydrogen) atoms. The summed E-state index contributed by atoms with van der Waals surface area (Å²) in [5.74, 6) is 0.438. The highest BCUT2D eigenvalue weighted by Crippen LogP contribution is 2.24. The summed E-state index contributed by atoms with van der Waals surface area (Å²) in [6.45, 7) is 5.62. The predicted molar refractivity (Wildman–Crippen MR) is 103 cm³/mol. The molecule has 0 spiro atoms. The van der Waals surface area contributed by atoms with Crippen LogP contribution in [-0.2, 0) is 24.4 Å². The first-order valence-electron chi connectivity index (χ1n) is 9.26. The van der Waals surface area contributed by atoms with E-state index in [1.165, 1.54) is 12.1 Å². The number of hydrogen-bond acceptors (Lipinski definition) is 3. The maximum atomic E-state index is 13.1. The number of amides is 1. The molecule has 1 amide bonds. The molecule has 2 aromatic carbocycles. The SMILES string of the molecule is Cc1cccc(OCC(=O)N2Cc3cnn(Cc4ccc(F)cc4)c3C2)c1C. The van der Waals surface area contributed by atoms with E-state index in [1.54, 1.807) is 23.2 Å².